The summed E-state index contributed by atoms with van der Waals surface area (Å²) in [6.07, 6.45) is 1.62. The maximum Gasteiger partial charge on any atom is 0.314 e. The predicted molar refractivity (Wildman–Crippen MR) is 79.7 cm³/mol. The quantitative estimate of drug-likeness (QED) is 0.635. The molecule has 1 aromatic heterocycles. The van der Waals surface area contributed by atoms with Crippen LogP contribution in [0.5, 0.6) is 0 Å². The Hall–Kier alpha value is -3.29. The number of fused-ring (bicyclic) bond motifs is 1. The van der Waals surface area contributed by atoms with Gasteiger partial charge in [0, 0.05) is 17.1 Å². The second-order valence-corrected chi connectivity index (χ2v) is 4.70. The molecule has 0 bridgehead atoms. The number of amides is 2. The zero-order valence-corrected chi connectivity index (χ0v) is 11.6. The fourth-order valence-electron chi connectivity index (χ4n) is 1.97. The summed E-state index contributed by atoms with van der Waals surface area (Å²) in [6, 6.07) is 7.54. The van der Waals surface area contributed by atoms with Crippen LogP contribution in [0.4, 0.5) is 20.2 Å². The minimum absolute atomic E-state index is 0.282. The topological polar surface area (TPSA) is 86.9 Å². The Morgan fingerprint density at radius 3 is 2.57 bits per heavy atom. The van der Waals surface area contributed by atoms with E-state index in [1.807, 2.05) is 0 Å². The number of nitrogens with zero attached hydrogens (tertiary/aromatic N) is 1. The Bertz CT molecular complexity index is 907. The highest BCUT2D eigenvalue weighted by atomic mass is 19.1. The van der Waals surface area contributed by atoms with Crippen molar-refractivity contribution in [1.29, 1.82) is 0 Å². The molecule has 0 saturated carbocycles. The highest BCUT2D eigenvalue weighted by Crippen LogP contribution is 2.17. The van der Waals surface area contributed by atoms with Crippen molar-refractivity contribution in [3.8, 4) is 0 Å². The van der Waals surface area contributed by atoms with Gasteiger partial charge in [-0.1, -0.05) is 0 Å². The number of rotatable bonds is 2. The van der Waals surface area contributed by atoms with Gasteiger partial charge in [-0.25, -0.2) is 8.78 Å². The van der Waals surface area contributed by atoms with Gasteiger partial charge in [-0.05, 0) is 30.3 Å². The minimum atomic E-state index is -1.07. The third kappa shape index (κ3) is 3.15. The smallest absolute Gasteiger partial charge is 0.314 e. The van der Waals surface area contributed by atoms with Gasteiger partial charge in [-0.3, -0.25) is 14.7 Å². The summed E-state index contributed by atoms with van der Waals surface area (Å²) in [6.45, 7) is 0. The van der Waals surface area contributed by atoms with E-state index >= 15 is 0 Å². The first-order valence-corrected chi connectivity index (χ1v) is 6.53. The molecule has 0 aliphatic carbocycles. The molecule has 3 N–H and O–H groups in total. The fourth-order valence-corrected chi connectivity index (χ4v) is 1.97. The Morgan fingerprint density at radius 2 is 1.78 bits per heavy atom. The van der Waals surface area contributed by atoms with Crippen LogP contribution >= 0.6 is 0 Å². The summed E-state index contributed by atoms with van der Waals surface area (Å²) in [5.41, 5.74) is 0.782. The normalized spacial score (nSPS) is 10.5. The number of hydrogen-bond acceptors (Lipinski definition) is 3. The van der Waals surface area contributed by atoms with E-state index in [4.69, 9.17) is 0 Å². The first-order chi connectivity index (χ1) is 11.0. The van der Waals surface area contributed by atoms with Crippen molar-refractivity contribution in [2.75, 3.05) is 10.6 Å². The molecule has 1 heterocycles. The number of benzene rings is 2. The van der Waals surface area contributed by atoms with E-state index in [1.165, 1.54) is 0 Å². The molecule has 0 fully saturated rings. The van der Waals surface area contributed by atoms with Crippen LogP contribution in [0.15, 0.2) is 42.6 Å². The number of halogens is 2. The molecule has 0 spiro atoms. The van der Waals surface area contributed by atoms with Gasteiger partial charge in [0.15, 0.2) is 0 Å². The van der Waals surface area contributed by atoms with Gasteiger partial charge in [0.05, 0.1) is 17.4 Å². The molecule has 6 nitrogen and oxygen atoms in total. The Kier molecular flexibility index (Phi) is 3.71. The van der Waals surface area contributed by atoms with Crippen LogP contribution in [0.2, 0.25) is 0 Å². The van der Waals surface area contributed by atoms with Crippen molar-refractivity contribution in [3.05, 3.63) is 54.2 Å². The maximum atomic E-state index is 13.4. The van der Waals surface area contributed by atoms with Crippen molar-refractivity contribution in [2.45, 2.75) is 0 Å². The van der Waals surface area contributed by atoms with E-state index in [9.17, 15) is 18.4 Å². The molecular formula is C15H10F2N4O2. The van der Waals surface area contributed by atoms with Gasteiger partial charge in [0.2, 0.25) is 0 Å². The lowest BCUT2D eigenvalue weighted by molar-refractivity contribution is -0.133. The zero-order valence-electron chi connectivity index (χ0n) is 11.6. The molecule has 23 heavy (non-hydrogen) atoms. The van der Waals surface area contributed by atoms with E-state index < -0.39 is 23.4 Å². The number of hydrogen-bond donors (Lipinski definition) is 3. The molecule has 116 valence electrons. The van der Waals surface area contributed by atoms with Crippen LogP contribution in [0, 0.1) is 11.6 Å². The van der Waals surface area contributed by atoms with E-state index in [0.29, 0.717) is 17.3 Å². The van der Waals surface area contributed by atoms with Gasteiger partial charge in [-0.15, -0.1) is 0 Å². The summed E-state index contributed by atoms with van der Waals surface area (Å²) < 4.78 is 26.2. The van der Waals surface area contributed by atoms with E-state index in [0.717, 1.165) is 17.5 Å². The van der Waals surface area contributed by atoms with Crippen molar-refractivity contribution < 1.29 is 18.4 Å². The van der Waals surface area contributed by atoms with Crippen molar-refractivity contribution >= 4 is 34.1 Å². The molecule has 0 atom stereocenters. The summed E-state index contributed by atoms with van der Waals surface area (Å²) >= 11 is 0. The number of anilines is 2. The number of nitrogens with one attached hydrogen (secondary N) is 3. The highest BCUT2D eigenvalue weighted by molar-refractivity contribution is 6.43. The first-order valence-electron chi connectivity index (χ1n) is 6.53. The monoisotopic (exact) mass is 316 g/mol. The molecule has 0 unspecified atom stereocenters. The molecular weight excluding hydrogens is 306 g/mol. The van der Waals surface area contributed by atoms with Crippen LogP contribution in [0.1, 0.15) is 0 Å². The maximum absolute atomic E-state index is 13.4. The van der Waals surface area contributed by atoms with Crippen LogP contribution in [0.3, 0.4) is 0 Å². The standard InChI is InChI=1S/C15H10F2N4O2/c16-9-2-4-12(11(17)5-9)20-15(23)14(22)19-10-3-1-8-7-18-21-13(8)6-10/h1-7H,(H,18,21)(H,19,22)(H,20,23). The SMILES string of the molecule is O=C(Nc1ccc2cn[nH]c2c1)C(=O)Nc1ccc(F)cc1F. The highest BCUT2D eigenvalue weighted by Gasteiger charge is 2.16. The molecule has 2 amide bonds. The lowest BCUT2D eigenvalue weighted by atomic mass is 10.2. The third-order valence-electron chi connectivity index (χ3n) is 3.09. The predicted octanol–water partition coefficient (Wildman–Crippen LogP) is 2.42. The lowest BCUT2D eigenvalue weighted by Gasteiger charge is -2.07. The second-order valence-electron chi connectivity index (χ2n) is 4.70. The van der Waals surface area contributed by atoms with Crippen LogP contribution in [-0.2, 0) is 9.59 Å². The average Bonchev–Trinajstić information content (AvgIpc) is 2.97. The first kappa shape index (κ1) is 14.6. The largest absolute Gasteiger partial charge is 0.318 e. The Balaban J connectivity index is 1.70. The molecule has 0 aliphatic heterocycles. The van der Waals surface area contributed by atoms with Crippen molar-refractivity contribution in [2.24, 2.45) is 0 Å². The minimum Gasteiger partial charge on any atom is -0.318 e. The third-order valence-corrected chi connectivity index (χ3v) is 3.09. The number of H-pyrrole nitrogens is 1. The molecule has 0 saturated heterocycles. The van der Waals surface area contributed by atoms with Gasteiger partial charge in [-0.2, -0.15) is 5.10 Å². The molecule has 2 aromatic carbocycles. The second kappa shape index (κ2) is 5.84. The Labute approximate surface area is 128 Å². The van der Waals surface area contributed by atoms with E-state index in [-0.39, 0.29) is 5.69 Å². The number of aromatic nitrogens is 2. The molecule has 3 rings (SSSR count). The van der Waals surface area contributed by atoms with Gasteiger partial charge in [0.1, 0.15) is 11.6 Å². The zero-order chi connectivity index (χ0) is 16.4. The van der Waals surface area contributed by atoms with Crippen molar-refractivity contribution in [1.82, 2.24) is 10.2 Å². The summed E-state index contributed by atoms with van der Waals surface area (Å²) in [5.74, 6) is -3.80. The summed E-state index contributed by atoms with van der Waals surface area (Å²) in [4.78, 5) is 23.6. The Morgan fingerprint density at radius 1 is 1.00 bits per heavy atom. The molecule has 8 heteroatoms. The number of aromatic amines is 1. The van der Waals surface area contributed by atoms with E-state index in [1.54, 1.807) is 24.4 Å². The fraction of sp³-hybridized carbons (Fsp3) is 0. The van der Waals surface area contributed by atoms with Gasteiger partial charge in [0.25, 0.3) is 0 Å². The van der Waals surface area contributed by atoms with Crippen LogP contribution in [-0.4, -0.2) is 22.0 Å². The summed E-state index contributed by atoms with van der Waals surface area (Å²) in [7, 11) is 0. The molecule has 3 aromatic rings. The van der Waals surface area contributed by atoms with E-state index in [2.05, 4.69) is 20.8 Å². The molecule has 0 aliphatic rings. The lowest BCUT2D eigenvalue weighted by Crippen LogP contribution is -2.29. The van der Waals surface area contributed by atoms with Crippen molar-refractivity contribution in [3.63, 3.8) is 0 Å². The summed E-state index contributed by atoms with van der Waals surface area (Å²) in [5, 5.41) is 11.9. The number of carbonyl (C=O) groups excluding carboxylic acids is 2. The molecule has 0 radical (unpaired) electrons. The van der Waals surface area contributed by atoms with Crippen LogP contribution < -0.4 is 10.6 Å². The average molecular weight is 316 g/mol. The van der Waals surface area contributed by atoms with Gasteiger partial charge < -0.3 is 10.6 Å². The van der Waals surface area contributed by atoms with Crippen LogP contribution in [0.25, 0.3) is 10.9 Å². The van der Waals surface area contributed by atoms with Gasteiger partial charge >= 0.3 is 11.8 Å². The number of carbonyl (C=O) groups is 2.